The number of rotatable bonds is 11. The lowest BCUT2D eigenvalue weighted by Crippen LogP contribution is -2.41. The molecule has 0 saturated carbocycles. The average Bonchev–Trinajstić information content (AvgIpc) is 2.79. The molecule has 3 aromatic rings. The van der Waals surface area contributed by atoms with Crippen molar-refractivity contribution in [1.82, 2.24) is 0 Å². The molecular weight excluding hydrogens is 486 g/mol. The van der Waals surface area contributed by atoms with Gasteiger partial charge in [-0.1, -0.05) is 36.4 Å². The molecule has 188 valence electrons. The van der Waals surface area contributed by atoms with Gasteiger partial charge in [0.05, 0.1) is 6.54 Å². The first-order valence-electron chi connectivity index (χ1n) is 10.1. The van der Waals surface area contributed by atoms with Gasteiger partial charge < -0.3 is 14.4 Å². The maximum absolute atomic E-state index is 14.0. The van der Waals surface area contributed by atoms with Crippen LogP contribution in [0.25, 0.3) is 0 Å². The van der Waals surface area contributed by atoms with Crippen molar-refractivity contribution in [3.05, 3.63) is 84.4 Å². The number of hydrogen-bond donors (Lipinski definition) is 0. The number of anilines is 1. The van der Waals surface area contributed by atoms with E-state index in [-0.39, 0.29) is 17.0 Å². The molecule has 11 heteroatoms. The highest BCUT2D eigenvalue weighted by molar-refractivity contribution is 5.52. The summed E-state index contributed by atoms with van der Waals surface area (Å²) in [5.74, 6) is -4.38. The molecule has 0 amide bonds. The lowest BCUT2D eigenvalue weighted by atomic mass is 10.1. The Morgan fingerprint density at radius 2 is 1.31 bits per heavy atom. The van der Waals surface area contributed by atoms with Crippen LogP contribution in [-0.2, 0) is 6.54 Å². The van der Waals surface area contributed by atoms with Crippen LogP contribution >= 0.6 is 0 Å². The maximum atomic E-state index is 14.0. The Labute approximate surface area is 195 Å². The Hall–Kier alpha value is -3.50. The smallest absolute Gasteiger partial charge is 0.457 e. The van der Waals surface area contributed by atoms with E-state index in [4.69, 9.17) is 4.74 Å². The predicted molar refractivity (Wildman–Crippen MR) is 113 cm³/mol. The van der Waals surface area contributed by atoms with Gasteiger partial charge in [-0.2, -0.15) is 26.3 Å². The van der Waals surface area contributed by atoms with E-state index in [0.29, 0.717) is 5.75 Å². The van der Waals surface area contributed by atoms with Crippen molar-refractivity contribution in [3.8, 4) is 17.2 Å². The summed E-state index contributed by atoms with van der Waals surface area (Å²) in [4.78, 5) is 0.897. The minimum Gasteiger partial charge on any atom is -0.457 e. The molecule has 3 aromatic carbocycles. The highest BCUT2D eigenvalue weighted by Gasteiger charge is 2.44. The highest BCUT2D eigenvalue weighted by Crippen LogP contribution is 2.32. The van der Waals surface area contributed by atoms with Crippen molar-refractivity contribution < 1.29 is 44.6 Å². The van der Waals surface area contributed by atoms with E-state index >= 15 is 0 Å². The van der Waals surface area contributed by atoms with Crippen LogP contribution in [0.4, 0.5) is 40.8 Å². The summed E-state index contributed by atoms with van der Waals surface area (Å²) in [5, 5.41) is 0. The molecule has 0 saturated heterocycles. The van der Waals surface area contributed by atoms with Crippen molar-refractivity contribution >= 4 is 5.69 Å². The zero-order chi connectivity index (χ0) is 25.6. The van der Waals surface area contributed by atoms with Crippen LogP contribution < -0.4 is 14.4 Å². The SMILES string of the molecule is FC(F)C(F)(F)CN(Cc1cccc(OC(F)(F)C(F)F)c1)c1cccc(Oc2ccccc2)c1. The van der Waals surface area contributed by atoms with Crippen LogP contribution in [-0.4, -0.2) is 31.4 Å². The fourth-order valence-electron chi connectivity index (χ4n) is 3.06. The molecular formula is C24H19F8NO2. The van der Waals surface area contributed by atoms with Gasteiger partial charge in [-0.3, -0.25) is 0 Å². The third-order valence-corrected chi connectivity index (χ3v) is 4.66. The first-order valence-corrected chi connectivity index (χ1v) is 10.1. The molecule has 3 rings (SSSR count). The Bertz CT molecular complexity index is 1100. The lowest BCUT2D eigenvalue weighted by molar-refractivity contribution is -0.253. The second kappa shape index (κ2) is 10.8. The molecule has 3 nitrogen and oxygen atoms in total. The standard InChI is InChI=1S/C24H19F8NO2/c25-21(26)23(29,30)15-33(14-16-6-4-11-20(12-16)35-24(31,32)22(27)28)17-7-5-10-19(13-17)34-18-8-2-1-3-9-18/h1-13,21-22H,14-15H2. The third-order valence-electron chi connectivity index (χ3n) is 4.66. The first-order chi connectivity index (χ1) is 16.5. The molecule has 0 aliphatic carbocycles. The lowest BCUT2D eigenvalue weighted by Gasteiger charge is -2.29. The number of hydrogen-bond acceptors (Lipinski definition) is 3. The summed E-state index contributed by atoms with van der Waals surface area (Å²) < 4.78 is 115. The van der Waals surface area contributed by atoms with E-state index in [9.17, 15) is 35.1 Å². The summed E-state index contributed by atoms with van der Waals surface area (Å²) >= 11 is 0. The van der Waals surface area contributed by atoms with E-state index in [1.54, 1.807) is 30.3 Å². The summed E-state index contributed by atoms with van der Waals surface area (Å²) in [6, 6.07) is 18.6. The van der Waals surface area contributed by atoms with Crippen LogP contribution in [0.3, 0.4) is 0 Å². The van der Waals surface area contributed by atoms with Gasteiger partial charge >= 0.3 is 24.9 Å². The molecule has 0 spiro atoms. The van der Waals surface area contributed by atoms with E-state index in [0.717, 1.165) is 17.0 Å². The van der Waals surface area contributed by atoms with Crippen molar-refractivity contribution in [2.45, 2.75) is 31.4 Å². The van der Waals surface area contributed by atoms with E-state index < -0.39 is 43.7 Å². The van der Waals surface area contributed by atoms with Gasteiger partial charge in [-0.25, -0.2) is 8.78 Å². The average molecular weight is 505 g/mol. The monoisotopic (exact) mass is 505 g/mol. The van der Waals surface area contributed by atoms with E-state index in [1.165, 1.54) is 36.4 Å². The molecule has 0 bridgehead atoms. The Balaban J connectivity index is 1.89. The van der Waals surface area contributed by atoms with Crippen LogP contribution in [0.15, 0.2) is 78.9 Å². The summed E-state index contributed by atoms with van der Waals surface area (Å²) in [6.45, 7) is -1.87. The zero-order valence-electron chi connectivity index (χ0n) is 17.9. The topological polar surface area (TPSA) is 21.7 Å². The Kier molecular flexibility index (Phi) is 8.08. The maximum Gasteiger partial charge on any atom is 0.461 e. The second-order valence-electron chi connectivity index (χ2n) is 7.44. The largest absolute Gasteiger partial charge is 0.461 e. The molecule has 35 heavy (non-hydrogen) atoms. The third kappa shape index (κ3) is 7.24. The quantitative estimate of drug-likeness (QED) is 0.250. The van der Waals surface area contributed by atoms with Crippen molar-refractivity contribution in [2.24, 2.45) is 0 Å². The normalized spacial score (nSPS) is 12.2. The number of ether oxygens (including phenoxy) is 2. The van der Waals surface area contributed by atoms with Gasteiger partial charge in [0.15, 0.2) is 0 Å². The molecule has 0 atom stereocenters. The van der Waals surface area contributed by atoms with Gasteiger partial charge in [0.2, 0.25) is 0 Å². The molecule has 0 unspecified atom stereocenters. The van der Waals surface area contributed by atoms with Gasteiger partial charge in [0.1, 0.15) is 17.2 Å². The first kappa shape index (κ1) is 26.1. The second-order valence-corrected chi connectivity index (χ2v) is 7.44. The fourth-order valence-corrected chi connectivity index (χ4v) is 3.06. The highest BCUT2D eigenvalue weighted by atomic mass is 19.3. The Morgan fingerprint density at radius 1 is 0.686 bits per heavy atom. The van der Waals surface area contributed by atoms with Crippen LogP contribution in [0.2, 0.25) is 0 Å². The van der Waals surface area contributed by atoms with Crippen LogP contribution in [0.5, 0.6) is 17.2 Å². The summed E-state index contributed by atoms with van der Waals surface area (Å²) in [5.41, 5.74) is 0.148. The van der Waals surface area contributed by atoms with Crippen molar-refractivity contribution in [3.63, 3.8) is 0 Å². The summed E-state index contributed by atoms with van der Waals surface area (Å²) in [6.07, 6.45) is -12.8. The fraction of sp³-hybridized carbons (Fsp3) is 0.250. The zero-order valence-corrected chi connectivity index (χ0v) is 17.9. The van der Waals surface area contributed by atoms with E-state index in [1.807, 2.05) is 0 Å². The molecule has 0 radical (unpaired) electrons. The molecule has 0 aromatic heterocycles. The number of para-hydroxylation sites is 1. The van der Waals surface area contributed by atoms with E-state index in [2.05, 4.69) is 4.74 Å². The summed E-state index contributed by atoms with van der Waals surface area (Å²) in [7, 11) is 0. The van der Waals surface area contributed by atoms with Gasteiger partial charge in [-0.05, 0) is 42.0 Å². The van der Waals surface area contributed by atoms with Crippen molar-refractivity contribution in [1.29, 1.82) is 0 Å². The molecule has 0 fully saturated rings. The minimum absolute atomic E-state index is 0.0722. The predicted octanol–water partition coefficient (Wildman–Crippen LogP) is 7.62. The molecule has 0 N–H and O–H groups in total. The number of benzene rings is 3. The molecule has 0 heterocycles. The van der Waals surface area contributed by atoms with Crippen LogP contribution in [0.1, 0.15) is 5.56 Å². The van der Waals surface area contributed by atoms with Crippen LogP contribution in [0, 0.1) is 0 Å². The number of nitrogens with zero attached hydrogens (tertiary/aromatic N) is 1. The molecule has 0 aliphatic heterocycles. The van der Waals surface area contributed by atoms with Gasteiger partial charge in [0.25, 0.3) is 0 Å². The number of alkyl halides is 8. The Morgan fingerprint density at radius 3 is 1.97 bits per heavy atom. The minimum atomic E-state index is -4.77. The van der Waals surface area contributed by atoms with Gasteiger partial charge in [-0.15, -0.1) is 0 Å². The van der Waals surface area contributed by atoms with Gasteiger partial charge in [0, 0.05) is 18.3 Å². The number of halogens is 8. The molecule has 0 aliphatic rings. The van der Waals surface area contributed by atoms with Crippen molar-refractivity contribution in [2.75, 3.05) is 11.4 Å².